The van der Waals surface area contributed by atoms with Gasteiger partial charge in [-0.25, -0.2) is 6.32 Å². The van der Waals surface area contributed by atoms with Crippen LogP contribution in [0.15, 0.2) is 0 Å². The molecule has 2 aliphatic rings. The Balaban J connectivity index is 2.21. The number of rotatable bonds is 2. The number of fused-ring (bicyclic) bond motifs is 2. The molecule has 1 saturated heterocycles. The van der Waals surface area contributed by atoms with Crippen molar-refractivity contribution in [3.63, 3.8) is 0 Å². The lowest BCUT2D eigenvalue weighted by Gasteiger charge is -2.62. The smallest absolute Gasteiger partial charge is 0.0448 e. The molecule has 4 atom stereocenters. The zero-order chi connectivity index (χ0) is 12.8. The molecule has 1 heteroatoms. The maximum Gasteiger partial charge on any atom is -0.0448 e. The lowest BCUT2D eigenvalue weighted by Crippen LogP contribution is -2.47. The van der Waals surface area contributed by atoms with E-state index in [1.165, 1.54) is 25.6 Å². The van der Waals surface area contributed by atoms with E-state index >= 15 is 0 Å². The molecule has 1 aliphatic carbocycles. The molecule has 1 saturated carbocycles. The fraction of sp³-hybridized carbons (Fsp3) is 1.00. The Morgan fingerprint density at radius 3 is 2.29 bits per heavy atom. The Bertz CT molecular complexity index is 269. The molecule has 0 amide bonds. The summed E-state index contributed by atoms with van der Waals surface area (Å²) in [6, 6.07) is 0. The van der Waals surface area contributed by atoms with Gasteiger partial charge >= 0.3 is 0 Å². The van der Waals surface area contributed by atoms with Crippen LogP contribution in [0.25, 0.3) is 0 Å². The monoisotopic (exact) mass is 234 g/mol. The molecule has 0 aromatic carbocycles. The fourth-order valence-corrected chi connectivity index (χ4v) is 4.52. The average Bonchev–Trinajstić information content (AvgIpc) is 2.26. The molecule has 1 heterocycles. The van der Waals surface area contributed by atoms with Crippen LogP contribution >= 0.6 is 0 Å². The van der Waals surface area contributed by atoms with E-state index in [1.807, 2.05) is 0 Å². The second kappa shape index (κ2) is 4.63. The quantitative estimate of drug-likeness (QED) is 0.563. The Kier molecular flexibility index (Phi) is 3.67. The molecule has 2 rings (SSSR count). The van der Waals surface area contributed by atoms with Gasteiger partial charge in [0.05, 0.1) is 0 Å². The Hall–Kier alpha value is 0.0649. The van der Waals surface area contributed by atoms with Crippen molar-refractivity contribution in [1.29, 1.82) is 0 Å². The Morgan fingerprint density at radius 1 is 1.06 bits per heavy atom. The summed E-state index contributed by atoms with van der Waals surface area (Å²) in [6.07, 6.45) is 6.02. The second-order valence-corrected chi connectivity index (χ2v) is 8.01. The molecule has 1 aliphatic heterocycles. The van der Waals surface area contributed by atoms with Crippen molar-refractivity contribution in [1.82, 2.24) is 0 Å². The van der Waals surface area contributed by atoms with Gasteiger partial charge in [-0.2, -0.15) is 11.1 Å². The maximum atomic E-state index is 2.52. The van der Waals surface area contributed by atoms with Crippen molar-refractivity contribution >= 4 is 6.71 Å². The van der Waals surface area contributed by atoms with E-state index in [-0.39, 0.29) is 0 Å². The standard InChI is InChI=1S/C16H31B/c1-11(2)16(5,6)17-10-13(4)14-8-7-12(3)15(17)9-14/h11-15H,7-10H2,1-6H3/q-1/t12-,13?,14-,15-/m0/s1. The molecular formula is C16H31B-. The van der Waals surface area contributed by atoms with Gasteiger partial charge in [0, 0.05) is 0 Å². The lowest BCUT2D eigenvalue weighted by molar-refractivity contribution is 0.204. The molecule has 0 spiro atoms. The predicted molar refractivity (Wildman–Crippen MR) is 78.9 cm³/mol. The van der Waals surface area contributed by atoms with Gasteiger partial charge in [-0.3, -0.25) is 0 Å². The van der Waals surface area contributed by atoms with Crippen LogP contribution in [0.4, 0.5) is 0 Å². The molecule has 1 radical (unpaired) electrons. The SMILES string of the molecule is CC1C[B-](C(C)(C)C(C)C)[C@H]2C[C@@H]1CC[C@@H]2C. The maximum absolute atomic E-state index is 2.52. The molecule has 0 nitrogen and oxygen atoms in total. The van der Waals surface area contributed by atoms with Crippen LogP contribution in [0.2, 0.25) is 17.5 Å². The third kappa shape index (κ3) is 2.31. The van der Waals surface area contributed by atoms with Gasteiger partial charge in [0.15, 0.2) is 0 Å². The van der Waals surface area contributed by atoms with Crippen molar-refractivity contribution in [2.24, 2.45) is 23.7 Å². The minimum Gasteiger partial charge on any atom is -0.205 e. The van der Waals surface area contributed by atoms with Crippen LogP contribution in [0.3, 0.4) is 0 Å². The van der Waals surface area contributed by atoms with Crippen LogP contribution in [-0.4, -0.2) is 6.71 Å². The van der Waals surface area contributed by atoms with Crippen molar-refractivity contribution in [2.75, 3.05) is 0 Å². The predicted octanol–water partition coefficient (Wildman–Crippen LogP) is 5.37. The van der Waals surface area contributed by atoms with E-state index in [0.717, 1.165) is 36.2 Å². The van der Waals surface area contributed by atoms with Crippen LogP contribution in [-0.2, 0) is 0 Å². The first-order chi connectivity index (χ1) is 7.84. The highest BCUT2D eigenvalue weighted by molar-refractivity contribution is 6.64. The topological polar surface area (TPSA) is 0 Å². The van der Waals surface area contributed by atoms with Gasteiger partial charge in [-0.05, 0) is 5.92 Å². The van der Waals surface area contributed by atoms with E-state index in [0.29, 0.717) is 5.31 Å². The average molecular weight is 234 g/mol. The summed E-state index contributed by atoms with van der Waals surface area (Å²) in [6.45, 7) is 15.9. The van der Waals surface area contributed by atoms with Crippen molar-refractivity contribution in [3.05, 3.63) is 0 Å². The minimum atomic E-state index is 0.523. The van der Waals surface area contributed by atoms with E-state index in [2.05, 4.69) is 41.5 Å². The molecule has 0 aromatic rings. The third-order valence-corrected chi connectivity index (χ3v) is 6.69. The second-order valence-electron chi connectivity index (χ2n) is 8.01. The first-order valence-electron chi connectivity index (χ1n) is 7.84. The summed E-state index contributed by atoms with van der Waals surface area (Å²) in [7, 11) is 0. The summed E-state index contributed by atoms with van der Waals surface area (Å²) in [5.41, 5.74) is 0. The van der Waals surface area contributed by atoms with Crippen LogP contribution in [0, 0.1) is 23.7 Å². The highest BCUT2D eigenvalue weighted by Gasteiger charge is 2.39. The summed E-state index contributed by atoms with van der Waals surface area (Å²) in [4.78, 5) is 0. The summed E-state index contributed by atoms with van der Waals surface area (Å²) < 4.78 is 0. The highest BCUT2D eigenvalue weighted by Crippen LogP contribution is 2.56. The summed E-state index contributed by atoms with van der Waals surface area (Å²) in [5, 5.41) is 0.523. The Morgan fingerprint density at radius 2 is 1.71 bits per heavy atom. The van der Waals surface area contributed by atoms with E-state index < -0.39 is 0 Å². The van der Waals surface area contributed by atoms with Crippen molar-refractivity contribution in [3.8, 4) is 0 Å². The summed E-state index contributed by atoms with van der Waals surface area (Å²) in [5.74, 6) is 4.83. The van der Waals surface area contributed by atoms with E-state index in [1.54, 1.807) is 0 Å². The van der Waals surface area contributed by atoms with Gasteiger partial charge in [-0.15, -0.1) is 6.71 Å². The first kappa shape index (κ1) is 13.5. The summed E-state index contributed by atoms with van der Waals surface area (Å²) >= 11 is 0. The van der Waals surface area contributed by atoms with Crippen LogP contribution < -0.4 is 0 Å². The minimum absolute atomic E-state index is 0.523. The van der Waals surface area contributed by atoms with Gasteiger partial charge in [-0.1, -0.05) is 78.6 Å². The fourth-order valence-electron chi connectivity index (χ4n) is 4.52. The lowest BCUT2D eigenvalue weighted by atomic mass is 9.19. The third-order valence-electron chi connectivity index (χ3n) is 6.69. The molecule has 1 unspecified atom stereocenters. The molecule has 0 N–H and O–H groups in total. The number of hydrogen-bond donors (Lipinski definition) is 0. The van der Waals surface area contributed by atoms with Gasteiger partial charge in [0.2, 0.25) is 0 Å². The first-order valence-corrected chi connectivity index (χ1v) is 7.84. The molecular weight excluding hydrogens is 203 g/mol. The largest absolute Gasteiger partial charge is 0.205 e. The molecule has 0 aromatic heterocycles. The van der Waals surface area contributed by atoms with E-state index in [4.69, 9.17) is 0 Å². The van der Waals surface area contributed by atoms with Crippen LogP contribution in [0.5, 0.6) is 0 Å². The van der Waals surface area contributed by atoms with Gasteiger partial charge in [0.25, 0.3) is 0 Å². The van der Waals surface area contributed by atoms with Crippen molar-refractivity contribution < 1.29 is 0 Å². The zero-order valence-electron chi connectivity index (χ0n) is 12.8. The van der Waals surface area contributed by atoms with E-state index in [9.17, 15) is 0 Å². The normalized spacial score (nSPS) is 39.7. The van der Waals surface area contributed by atoms with Crippen molar-refractivity contribution in [2.45, 2.75) is 78.3 Å². The highest BCUT2D eigenvalue weighted by atomic mass is 14.4. The van der Waals surface area contributed by atoms with Crippen LogP contribution in [0.1, 0.15) is 60.8 Å². The molecule has 17 heavy (non-hydrogen) atoms. The van der Waals surface area contributed by atoms with Gasteiger partial charge in [0.1, 0.15) is 0 Å². The molecule has 2 bridgehead atoms. The number of hydrogen-bond acceptors (Lipinski definition) is 0. The Labute approximate surface area is 109 Å². The molecule has 2 fully saturated rings. The van der Waals surface area contributed by atoms with Gasteiger partial charge < -0.3 is 0 Å². The molecule has 99 valence electrons. The zero-order valence-corrected chi connectivity index (χ0v) is 12.8.